The maximum atomic E-state index is 11.1. The van der Waals surface area contributed by atoms with Crippen molar-refractivity contribution in [3.63, 3.8) is 0 Å². The predicted octanol–water partition coefficient (Wildman–Crippen LogP) is 0.0572. The number of carbonyl (C=O) groups is 2. The Morgan fingerprint density at radius 3 is 2.32 bits per heavy atom. The normalized spacial score (nSPS) is 9.68. The van der Waals surface area contributed by atoms with Crippen molar-refractivity contribution in [3.8, 4) is 6.07 Å². The number of anilines is 1. The first-order valence-electron chi connectivity index (χ1n) is 5.38. The molecule has 0 aromatic heterocycles. The van der Waals surface area contributed by atoms with Crippen molar-refractivity contribution in [3.05, 3.63) is 23.8 Å². The molecule has 0 atom stereocenters. The lowest BCUT2D eigenvalue weighted by molar-refractivity contribution is -0.117. The second kappa shape index (κ2) is 6.66. The van der Waals surface area contributed by atoms with Crippen LogP contribution < -0.4 is 16.4 Å². The molecule has 0 bridgehead atoms. The van der Waals surface area contributed by atoms with Crippen LogP contribution in [-0.4, -0.2) is 31.2 Å². The molecule has 0 aliphatic rings. The smallest absolute Gasteiger partial charge is 0.236 e. The van der Waals surface area contributed by atoms with E-state index in [0.717, 1.165) is 4.90 Å². The molecule has 1 aromatic carbocycles. The molecule has 0 fully saturated rings. The van der Waals surface area contributed by atoms with Gasteiger partial charge < -0.3 is 16.4 Å². The Balaban J connectivity index is 3.25. The van der Waals surface area contributed by atoms with E-state index in [0.29, 0.717) is 11.3 Å². The van der Waals surface area contributed by atoms with Crippen LogP contribution in [0.15, 0.2) is 23.1 Å². The summed E-state index contributed by atoms with van der Waals surface area (Å²) in [5.41, 5.74) is 11.2. The molecular formula is C12H14N4O2S. The molecule has 0 unspecified atom stereocenters. The summed E-state index contributed by atoms with van der Waals surface area (Å²) in [7, 11) is 0. The van der Waals surface area contributed by atoms with Gasteiger partial charge in [-0.2, -0.15) is 5.26 Å². The topological polar surface area (TPSA) is 113 Å². The van der Waals surface area contributed by atoms with Crippen molar-refractivity contribution in [1.82, 2.24) is 0 Å². The molecule has 0 saturated carbocycles. The molecule has 2 amide bonds. The highest BCUT2D eigenvalue weighted by molar-refractivity contribution is 7.98. The van der Waals surface area contributed by atoms with E-state index in [9.17, 15) is 14.9 Å². The van der Waals surface area contributed by atoms with Gasteiger partial charge in [0.25, 0.3) is 0 Å². The maximum absolute atomic E-state index is 11.1. The summed E-state index contributed by atoms with van der Waals surface area (Å²) >= 11 is 1.41. The number of nitriles is 1. The zero-order valence-corrected chi connectivity index (χ0v) is 11.2. The van der Waals surface area contributed by atoms with Crippen molar-refractivity contribution in [2.24, 2.45) is 11.5 Å². The average molecular weight is 278 g/mol. The second-order valence-corrected chi connectivity index (χ2v) is 4.60. The fraction of sp³-hybridized carbons (Fsp3) is 0.250. The maximum Gasteiger partial charge on any atom is 0.236 e. The Hall–Kier alpha value is -2.20. The Labute approximate surface area is 115 Å². The molecule has 100 valence electrons. The molecule has 0 aliphatic heterocycles. The van der Waals surface area contributed by atoms with Gasteiger partial charge in [0.05, 0.1) is 24.3 Å². The number of hydrogen-bond acceptors (Lipinski definition) is 5. The van der Waals surface area contributed by atoms with Gasteiger partial charge in [-0.05, 0) is 18.4 Å². The highest BCUT2D eigenvalue weighted by Gasteiger charge is 2.17. The first-order chi connectivity index (χ1) is 8.99. The van der Waals surface area contributed by atoms with Crippen LogP contribution in [0.25, 0.3) is 0 Å². The first kappa shape index (κ1) is 14.9. The fourth-order valence-corrected chi connectivity index (χ4v) is 2.24. The standard InChI is InChI=1S/C12H14N4O2S/c1-19-10-4-2-3-9(8(10)5-13)16(6-11(14)17)7-12(15)18/h2-4H,6-7H2,1H3,(H2,14,17)(H2,15,18). The van der Waals surface area contributed by atoms with Crippen LogP contribution in [0.5, 0.6) is 0 Å². The van der Waals surface area contributed by atoms with Crippen molar-refractivity contribution in [2.45, 2.75) is 4.90 Å². The van der Waals surface area contributed by atoms with E-state index in [4.69, 9.17) is 11.5 Å². The molecule has 6 nitrogen and oxygen atoms in total. The van der Waals surface area contributed by atoms with Crippen LogP contribution in [0, 0.1) is 11.3 Å². The van der Waals surface area contributed by atoms with Gasteiger partial charge in [0.2, 0.25) is 11.8 Å². The molecule has 7 heteroatoms. The van der Waals surface area contributed by atoms with E-state index in [1.165, 1.54) is 16.7 Å². The van der Waals surface area contributed by atoms with Crippen molar-refractivity contribution in [2.75, 3.05) is 24.2 Å². The van der Waals surface area contributed by atoms with E-state index in [1.54, 1.807) is 18.2 Å². The monoisotopic (exact) mass is 278 g/mol. The first-order valence-corrected chi connectivity index (χ1v) is 6.60. The molecule has 0 saturated heterocycles. The summed E-state index contributed by atoms with van der Waals surface area (Å²) in [6.45, 7) is -0.342. The van der Waals surface area contributed by atoms with Crippen LogP contribution >= 0.6 is 11.8 Å². The van der Waals surface area contributed by atoms with Crippen molar-refractivity contribution in [1.29, 1.82) is 5.26 Å². The molecule has 4 N–H and O–H groups in total. The van der Waals surface area contributed by atoms with Crippen LogP contribution in [0.3, 0.4) is 0 Å². The third-order valence-electron chi connectivity index (χ3n) is 2.37. The minimum Gasteiger partial charge on any atom is -0.368 e. The fourth-order valence-electron chi connectivity index (χ4n) is 1.67. The van der Waals surface area contributed by atoms with Gasteiger partial charge in [0, 0.05) is 4.90 Å². The molecule has 0 radical (unpaired) electrons. The van der Waals surface area contributed by atoms with Crippen LogP contribution in [0.1, 0.15) is 5.56 Å². The number of thioether (sulfide) groups is 1. The van der Waals surface area contributed by atoms with Gasteiger partial charge in [-0.25, -0.2) is 0 Å². The van der Waals surface area contributed by atoms with Gasteiger partial charge in [0.1, 0.15) is 6.07 Å². The summed E-state index contributed by atoms with van der Waals surface area (Å²) in [5, 5.41) is 9.23. The van der Waals surface area contributed by atoms with Crippen molar-refractivity contribution >= 4 is 29.3 Å². The summed E-state index contributed by atoms with van der Waals surface area (Å²) in [6, 6.07) is 7.27. The lowest BCUT2D eigenvalue weighted by atomic mass is 10.1. The number of carbonyl (C=O) groups excluding carboxylic acids is 2. The predicted molar refractivity (Wildman–Crippen MR) is 73.5 cm³/mol. The number of hydrogen-bond donors (Lipinski definition) is 2. The van der Waals surface area contributed by atoms with Crippen molar-refractivity contribution < 1.29 is 9.59 Å². The van der Waals surface area contributed by atoms with E-state index in [-0.39, 0.29) is 13.1 Å². The number of nitrogens with two attached hydrogens (primary N) is 2. The molecular weight excluding hydrogens is 264 g/mol. The molecule has 0 aliphatic carbocycles. The van der Waals surface area contributed by atoms with E-state index in [2.05, 4.69) is 6.07 Å². The second-order valence-electron chi connectivity index (χ2n) is 3.75. The molecule has 0 heterocycles. The summed E-state index contributed by atoms with van der Waals surface area (Å²) < 4.78 is 0. The summed E-state index contributed by atoms with van der Waals surface area (Å²) in [6.07, 6.45) is 1.84. The summed E-state index contributed by atoms with van der Waals surface area (Å²) in [4.78, 5) is 24.3. The third-order valence-corrected chi connectivity index (χ3v) is 3.15. The minimum absolute atomic E-state index is 0.171. The zero-order chi connectivity index (χ0) is 14.4. The Morgan fingerprint density at radius 1 is 1.32 bits per heavy atom. The quantitative estimate of drug-likeness (QED) is 0.714. The van der Waals surface area contributed by atoms with Crippen LogP contribution in [0.4, 0.5) is 5.69 Å². The molecule has 1 rings (SSSR count). The van der Waals surface area contributed by atoms with Gasteiger partial charge in [-0.3, -0.25) is 9.59 Å². The largest absolute Gasteiger partial charge is 0.368 e. The minimum atomic E-state index is -0.598. The number of amides is 2. The Kier molecular flexibility index (Phi) is 5.21. The van der Waals surface area contributed by atoms with Gasteiger partial charge in [-0.1, -0.05) is 6.07 Å². The van der Waals surface area contributed by atoms with Gasteiger partial charge >= 0.3 is 0 Å². The molecule has 0 spiro atoms. The number of nitrogens with zero attached hydrogens (tertiary/aromatic N) is 2. The van der Waals surface area contributed by atoms with Crippen LogP contribution in [0.2, 0.25) is 0 Å². The van der Waals surface area contributed by atoms with Crippen LogP contribution in [-0.2, 0) is 9.59 Å². The van der Waals surface area contributed by atoms with E-state index < -0.39 is 11.8 Å². The van der Waals surface area contributed by atoms with Gasteiger partial charge in [0.15, 0.2) is 0 Å². The number of rotatable bonds is 6. The van der Waals surface area contributed by atoms with E-state index >= 15 is 0 Å². The molecule has 19 heavy (non-hydrogen) atoms. The highest BCUT2D eigenvalue weighted by atomic mass is 32.2. The lowest BCUT2D eigenvalue weighted by Gasteiger charge is -2.23. The summed E-state index contributed by atoms with van der Waals surface area (Å²) in [5.74, 6) is -1.20. The van der Waals surface area contributed by atoms with Gasteiger partial charge in [-0.15, -0.1) is 11.8 Å². The Bertz CT molecular complexity index is 523. The SMILES string of the molecule is CSc1cccc(N(CC(N)=O)CC(N)=O)c1C#N. The van der Waals surface area contributed by atoms with E-state index in [1.807, 2.05) is 6.26 Å². The number of primary amides is 2. The molecule has 1 aromatic rings. The Morgan fingerprint density at radius 2 is 1.89 bits per heavy atom. The number of benzene rings is 1. The zero-order valence-electron chi connectivity index (χ0n) is 10.4. The lowest BCUT2D eigenvalue weighted by Crippen LogP contribution is -2.40. The highest BCUT2D eigenvalue weighted by Crippen LogP contribution is 2.28. The third kappa shape index (κ3) is 3.89. The average Bonchev–Trinajstić information content (AvgIpc) is 2.35.